The molecule has 0 atom stereocenters. The molecular weight excluding hydrogens is 247 g/mol. The van der Waals surface area contributed by atoms with Gasteiger partial charge in [0.15, 0.2) is 0 Å². The van der Waals surface area contributed by atoms with Gasteiger partial charge in [0.05, 0.1) is 29.9 Å². The lowest BCUT2D eigenvalue weighted by atomic mass is 9.96. The number of methoxy groups -OCH3 is 1. The Hall–Kier alpha value is -2.03. The van der Waals surface area contributed by atoms with E-state index >= 15 is 0 Å². The fourth-order valence-corrected chi connectivity index (χ4v) is 1.61. The van der Waals surface area contributed by atoms with E-state index in [2.05, 4.69) is 4.74 Å². The number of carbonyl (C=O) groups is 1. The predicted molar refractivity (Wildman–Crippen MR) is 56.9 cm³/mol. The Balaban J connectivity index is 3.64. The van der Waals surface area contributed by atoms with E-state index in [1.807, 2.05) is 0 Å². The minimum atomic E-state index is -4.71. The molecular formula is C12H10F3NO2. The molecule has 0 aliphatic heterocycles. The Kier molecular flexibility index (Phi) is 3.96. The third-order valence-electron chi connectivity index (χ3n) is 2.42. The van der Waals surface area contributed by atoms with Gasteiger partial charge >= 0.3 is 12.1 Å². The van der Waals surface area contributed by atoms with Gasteiger partial charge in [0, 0.05) is 0 Å². The number of hydrogen-bond acceptors (Lipinski definition) is 3. The molecule has 18 heavy (non-hydrogen) atoms. The third-order valence-corrected chi connectivity index (χ3v) is 2.42. The number of carbonyl (C=O) groups excluding carboxylic acids is 1. The van der Waals surface area contributed by atoms with E-state index < -0.39 is 23.3 Å². The molecule has 0 aliphatic rings. The topological polar surface area (TPSA) is 50.1 Å². The van der Waals surface area contributed by atoms with Crippen molar-refractivity contribution >= 4 is 5.97 Å². The number of nitrogens with zero attached hydrogens (tertiary/aromatic N) is 1. The average Bonchev–Trinajstić information content (AvgIpc) is 2.34. The van der Waals surface area contributed by atoms with E-state index in [0.717, 1.165) is 7.11 Å². The van der Waals surface area contributed by atoms with Gasteiger partial charge in [0.25, 0.3) is 0 Å². The summed E-state index contributed by atoms with van der Waals surface area (Å²) in [6.45, 7) is 1.60. The SMILES string of the molecule is CCc1cc(C#N)cc(C(F)(F)F)c1C(=O)OC. The van der Waals surface area contributed by atoms with E-state index in [0.29, 0.717) is 6.07 Å². The van der Waals surface area contributed by atoms with Gasteiger partial charge in [-0.15, -0.1) is 0 Å². The summed E-state index contributed by atoms with van der Waals surface area (Å²) in [5.41, 5.74) is -1.64. The van der Waals surface area contributed by atoms with Crippen LogP contribution in [0.5, 0.6) is 0 Å². The number of esters is 1. The lowest BCUT2D eigenvalue weighted by molar-refractivity contribution is -0.138. The van der Waals surface area contributed by atoms with Gasteiger partial charge in [-0.25, -0.2) is 4.79 Å². The van der Waals surface area contributed by atoms with Crippen molar-refractivity contribution in [3.8, 4) is 6.07 Å². The Morgan fingerprint density at radius 3 is 2.44 bits per heavy atom. The molecule has 0 radical (unpaired) electrons. The zero-order chi connectivity index (χ0) is 13.9. The molecule has 0 aliphatic carbocycles. The molecule has 0 saturated heterocycles. The summed E-state index contributed by atoms with van der Waals surface area (Å²) in [5, 5.41) is 8.70. The molecule has 0 amide bonds. The Morgan fingerprint density at radius 2 is 2.06 bits per heavy atom. The average molecular weight is 257 g/mol. The largest absolute Gasteiger partial charge is 0.465 e. The van der Waals surface area contributed by atoms with Gasteiger partial charge in [-0.2, -0.15) is 18.4 Å². The first-order valence-corrected chi connectivity index (χ1v) is 5.07. The second kappa shape index (κ2) is 5.08. The normalized spacial score (nSPS) is 10.9. The summed E-state index contributed by atoms with van der Waals surface area (Å²) in [4.78, 5) is 11.5. The fourth-order valence-electron chi connectivity index (χ4n) is 1.61. The highest BCUT2D eigenvalue weighted by Crippen LogP contribution is 2.35. The number of nitriles is 1. The molecule has 0 heterocycles. The van der Waals surface area contributed by atoms with Gasteiger partial charge in [0.1, 0.15) is 0 Å². The van der Waals surface area contributed by atoms with Crippen molar-refractivity contribution in [2.24, 2.45) is 0 Å². The molecule has 1 rings (SSSR count). The fraction of sp³-hybridized carbons (Fsp3) is 0.333. The Labute approximate surface area is 102 Å². The molecule has 0 aromatic heterocycles. The first kappa shape index (κ1) is 14.0. The molecule has 96 valence electrons. The van der Waals surface area contributed by atoms with Gasteiger partial charge in [0.2, 0.25) is 0 Å². The van der Waals surface area contributed by atoms with Crippen LogP contribution in [0.25, 0.3) is 0 Å². The molecule has 3 nitrogen and oxygen atoms in total. The quantitative estimate of drug-likeness (QED) is 0.765. The van der Waals surface area contributed by atoms with Crippen LogP contribution in [0, 0.1) is 11.3 Å². The van der Waals surface area contributed by atoms with E-state index in [-0.39, 0.29) is 17.5 Å². The standard InChI is InChI=1S/C12H10F3NO2/c1-3-8-4-7(6-16)5-9(12(13,14)15)10(8)11(17)18-2/h4-5H,3H2,1-2H3. The van der Waals surface area contributed by atoms with Gasteiger partial charge in [-0.1, -0.05) is 6.92 Å². The maximum Gasteiger partial charge on any atom is 0.417 e. The van der Waals surface area contributed by atoms with Crippen LogP contribution in [0.1, 0.15) is 34.0 Å². The van der Waals surface area contributed by atoms with Crippen molar-refractivity contribution in [1.29, 1.82) is 5.26 Å². The van der Waals surface area contributed by atoms with Crippen LogP contribution in [-0.2, 0) is 17.3 Å². The molecule has 0 spiro atoms. The second-order valence-electron chi connectivity index (χ2n) is 3.51. The molecule has 0 saturated carbocycles. The minimum absolute atomic E-state index is 0.133. The van der Waals surface area contributed by atoms with Crippen molar-refractivity contribution in [1.82, 2.24) is 0 Å². The van der Waals surface area contributed by atoms with Crippen LogP contribution in [0.3, 0.4) is 0 Å². The maximum atomic E-state index is 12.9. The van der Waals surface area contributed by atoms with E-state index in [9.17, 15) is 18.0 Å². The predicted octanol–water partition coefficient (Wildman–Crippen LogP) is 2.93. The first-order valence-electron chi connectivity index (χ1n) is 5.07. The first-order chi connectivity index (χ1) is 8.35. The molecule has 0 bridgehead atoms. The summed E-state index contributed by atoms with van der Waals surface area (Å²) < 4.78 is 42.9. The summed E-state index contributed by atoms with van der Waals surface area (Å²) in [7, 11) is 1.01. The zero-order valence-electron chi connectivity index (χ0n) is 9.76. The molecule has 0 unspecified atom stereocenters. The van der Waals surface area contributed by atoms with Gasteiger partial charge < -0.3 is 4.74 Å². The number of hydrogen-bond donors (Lipinski definition) is 0. The molecule has 0 N–H and O–H groups in total. The highest BCUT2D eigenvalue weighted by molar-refractivity contribution is 5.93. The van der Waals surface area contributed by atoms with E-state index in [4.69, 9.17) is 5.26 Å². The highest BCUT2D eigenvalue weighted by Gasteiger charge is 2.37. The molecule has 1 aromatic rings. The smallest absolute Gasteiger partial charge is 0.417 e. The second-order valence-corrected chi connectivity index (χ2v) is 3.51. The number of rotatable bonds is 2. The number of ether oxygens (including phenoxy) is 1. The van der Waals surface area contributed by atoms with Crippen molar-refractivity contribution in [2.45, 2.75) is 19.5 Å². The van der Waals surface area contributed by atoms with Crippen LogP contribution < -0.4 is 0 Å². The van der Waals surface area contributed by atoms with Crippen molar-refractivity contribution in [2.75, 3.05) is 7.11 Å². The number of halogens is 3. The van der Waals surface area contributed by atoms with E-state index in [1.165, 1.54) is 6.07 Å². The number of aryl methyl sites for hydroxylation is 1. The van der Waals surface area contributed by atoms with Crippen LogP contribution in [0.4, 0.5) is 13.2 Å². The molecule has 0 fully saturated rings. The Bertz CT molecular complexity index is 515. The highest BCUT2D eigenvalue weighted by atomic mass is 19.4. The van der Waals surface area contributed by atoms with Crippen molar-refractivity contribution in [3.63, 3.8) is 0 Å². The molecule has 1 aromatic carbocycles. The lowest BCUT2D eigenvalue weighted by Crippen LogP contribution is -2.17. The summed E-state index contributed by atoms with van der Waals surface area (Å²) in [6.07, 6.45) is -4.51. The van der Waals surface area contributed by atoms with Crippen LogP contribution >= 0.6 is 0 Å². The van der Waals surface area contributed by atoms with Gasteiger partial charge in [-0.3, -0.25) is 0 Å². The summed E-state index contributed by atoms with van der Waals surface area (Å²) >= 11 is 0. The Morgan fingerprint density at radius 1 is 1.44 bits per heavy atom. The number of alkyl halides is 3. The molecule has 6 heteroatoms. The maximum absolute atomic E-state index is 12.9. The van der Waals surface area contributed by atoms with Gasteiger partial charge in [-0.05, 0) is 24.1 Å². The summed E-state index contributed by atoms with van der Waals surface area (Å²) in [6, 6.07) is 3.57. The third kappa shape index (κ3) is 2.62. The monoisotopic (exact) mass is 257 g/mol. The summed E-state index contributed by atoms with van der Waals surface area (Å²) in [5.74, 6) is -1.05. The van der Waals surface area contributed by atoms with E-state index in [1.54, 1.807) is 13.0 Å². The van der Waals surface area contributed by atoms with Crippen molar-refractivity contribution < 1.29 is 22.7 Å². The van der Waals surface area contributed by atoms with Crippen LogP contribution in [-0.4, -0.2) is 13.1 Å². The lowest BCUT2D eigenvalue weighted by Gasteiger charge is -2.15. The van der Waals surface area contributed by atoms with Crippen LogP contribution in [0.2, 0.25) is 0 Å². The van der Waals surface area contributed by atoms with Crippen LogP contribution in [0.15, 0.2) is 12.1 Å². The van der Waals surface area contributed by atoms with Crippen molar-refractivity contribution in [3.05, 3.63) is 34.4 Å². The number of benzene rings is 1. The zero-order valence-corrected chi connectivity index (χ0v) is 9.76. The minimum Gasteiger partial charge on any atom is -0.465 e.